The third-order valence-electron chi connectivity index (χ3n) is 2.50. The molecule has 1 saturated heterocycles. The van der Waals surface area contributed by atoms with E-state index in [4.69, 9.17) is 9.84 Å². The molecule has 5 heteroatoms. The number of carbonyl (C=O) groups excluding carboxylic acids is 1. The van der Waals surface area contributed by atoms with Gasteiger partial charge < -0.3 is 9.84 Å². The highest BCUT2D eigenvalue weighted by Crippen LogP contribution is 2.11. The topological polar surface area (TPSA) is 70.9 Å². The third-order valence-corrected chi connectivity index (χ3v) is 2.50. The van der Waals surface area contributed by atoms with Crippen LogP contribution in [0.5, 0.6) is 5.75 Å². The molecule has 2 rings (SSSR count). The van der Waals surface area contributed by atoms with Crippen molar-refractivity contribution in [2.24, 2.45) is 5.10 Å². The fraction of sp³-hybridized carbons (Fsp3) is 0.333. The monoisotopic (exact) mass is 234 g/mol. The van der Waals surface area contributed by atoms with E-state index in [9.17, 15) is 4.79 Å². The van der Waals surface area contributed by atoms with Crippen LogP contribution in [0.2, 0.25) is 0 Å². The summed E-state index contributed by atoms with van der Waals surface area (Å²) in [4.78, 5) is 11.5. The Balaban J connectivity index is 1.84. The lowest BCUT2D eigenvalue weighted by atomic mass is 10.2. The summed E-state index contributed by atoms with van der Waals surface area (Å²) in [7, 11) is 0. The van der Waals surface area contributed by atoms with Crippen LogP contribution in [0.4, 0.5) is 0 Å². The zero-order valence-electron chi connectivity index (χ0n) is 9.30. The van der Waals surface area contributed by atoms with Crippen LogP contribution in [-0.2, 0) is 9.53 Å². The molecule has 0 bridgehead atoms. The van der Waals surface area contributed by atoms with Gasteiger partial charge in [-0.1, -0.05) is 0 Å². The van der Waals surface area contributed by atoms with Gasteiger partial charge in [0.1, 0.15) is 11.9 Å². The largest absolute Gasteiger partial charge is 0.508 e. The second-order valence-corrected chi connectivity index (χ2v) is 3.83. The van der Waals surface area contributed by atoms with Crippen LogP contribution in [0.1, 0.15) is 18.4 Å². The molecule has 17 heavy (non-hydrogen) atoms. The minimum Gasteiger partial charge on any atom is -0.508 e. The molecule has 0 aliphatic carbocycles. The summed E-state index contributed by atoms with van der Waals surface area (Å²) < 4.78 is 5.21. The SMILES string of the molecule is O=C(N/N=C\c1ccc(O)cc1)[C@@H]1CCCO1. The molecular formula is C12H14N2O3. The molecule has 90 valence electrons. The normalized spacial score (nSPS) is 19.6. The molecule has 5 nitrogen and oxygen atoms in total. The highest BCUT2D eigenvalue weighted by Gasteiger charge is 2.22. The first-order chi connectivity index (χ1) is 8.25. The smallest absolute Gasteiger partial charge is 0.269 e. The lowest BCUT2D eigenvalue weighted by Gasteiger charge is -2.05. The van der Waals surface area contributed by atoms with Crippen molar-refractivity contribution in [1.29, 1.82) is 0 Å². The van der Waals surface area contributed by atoms with Crippen LogP contribution in [-0.4, -0.2) is 29.9 Å². The van der Waals surface area contributed by atoms with Crippen molar-refractivity contribution in [2.45, 2.75) is 18.9 Å². The highest BCUT2D eigenvalue weighted by atomic mass is 16.5. The van der Waals surface area contributed by atoms with Crippen molar-refractivity contribution < 1.29 is 14.6 Å². The van der Waals surface area contributed by atoms with Crippen LogP contribution >= 0.6 is 0 Å². The van der Waals surface area contributed by atoms with Gasteiger partial charge in [0.25, 0.3) is 5.91 Å². The number of phenols is 1. The molecule has 0 spiro atoms. The third kappa shape index (κ3) is 3.29. The van der Waals surface area contributed by atoms with Gasteiger partial charge >= 0.3 is 0 Å². The summed E-state index contributed by atoms with van der Waals surface area (Å²) in [6, 6.07) is 6.53. The zero-order chi connectivity index (χ0) is 12.1. The number of phenolic OH excluding ortho intramolecular Hbond substituents is 1. The Labute approximate surface area is 99.1 Å². The summed E-state index contributed by atoms with van der Waals surface area (Å²) in [5.41, 5.74) is 3.23. The van der Waals surface area contributed by atoms with E-state index >= 15 is 0 Å². The first kappa shape index (κ1) is 11.6. The Morgan fingerprint density at radius 1 is 1.47 bits per heavy atom. The Hall–Kier alpha value is -1.88. The molecule has 1 amide bonds. The van der Waals surface area contributed by atoms with E-state index in [1.165, 1.54) is 6.21 Å². The predicted molar refractivity (Wildman–Crippen MR) is 62.8 cm³/mol. The molecule has 1 aromatic carbocycles. The summed E-state index contributed by atoms with van der Waals surface area (Å²) >= 11 is 0. The lowest BCUT2D eigenvalue weighted by molar-refractivity contribution is -0.130. The number of nitrogens with zero attached hydrogens (tertiary/aromatic N) is 1. The highest BCUT2D eigenvalue weighted by molar-refractivity contribution is 5.84. The van der Waals surface area contributed by atoms with Crippen LogP contribution in [0.3, 0.4) is 0 Å². The van der Waals surface area contributed by atoms with Crippen LogP contribution in [0.25, 0.3) is 0 Å². The van der Waals surface area contributed by atoms with Crippen LogP contribution in [0, 0.1) is 0 Å². The number of rotatable bonds is 3. The first-order valence-electron chi connectivity index (χ1n) is 5.49. The first-order valence-corrected chi connectivity index (χ1v) is 5.49. The van der Waals surface area contributed by atoms with Gasteiger partial charge in [-0.05, 0) is 42.7 Å². The molecular weight excluding hydrogens is 220 g/mol. The van der Waals surface area contributed by atoms with Gasteiger partial charge in [-0.2, -0.15) is 5.10 Å². The molecule has 0 unspecified atom stereocenters. The van der Waals surface area contributed by atoms with E-state index in [1.807, 2.05) is 0 Å². The van der Waals surface area contributed by atoms with Gasteiger partial charge in [0, 0.05) is 6.61 Å². The zero-order valence-corrected chi connectivity index (χ0v) is 9.30. The minimum absolute atomic E-state index is 0.200. The van der Waals surface area contributed by atoms with Gasteiger partial charge in [-0.25, -0.2) is 5.43 Å². The Kier molecular flexibility index (Phi) is 3.72. The van der Waals surface area contributed by atoms with Crippen molar-refractivity contribution in [3.05, 3.63) is 29.8 Å². The van der Waals surface area contributed by atoms with Gasteiger partial charge in [0.2, 0.25) is 0 Å². The number of hydrogen-bond donors (Lipinski definition) is 2. The van der Waals surface area contributed by atoms with Crippen molar-refractivity contribution >= 4 is 12.1 Å². The number of aromatic hydroxyl groups is 1. The molecule has 1 atom stereocenters. The number of ether oxygens (including phenoxy) is 1. The van der Waals surface area contributed by atoms with Gasteiger partial charge in [0.15, 0.2) is 0 Å². The molecule has 1 aliphatic rings. The van der Waals surface area contributed by atoms with E-state index < -0.39 is 0 Å². The van der Waals surface area contributed by atoms with E-state index in [1.54, 1.807) is 24.3 Å². The number of amides is 1. The second-order valence-electron chi connectivity index (χ2n) is 3.83. The summed E-state index contributed by atoms with van der Waals surface area (Å²) in [5, 5.41) is 12.9. The molecule has 1 fully saturated rings. The van der Waals surface area contributed by atoms with Crippen molar-refractivity contribution in [3.63, 3.8) is 0 Å². The Morgan fingerprint density at radius 2 is 2.24 bits per heavy atom. The van der Waals surface area contributed by atoms with Gasteiger partial charge in [0.05, 0.1) is 6.21 Å². The molecule has 2 N–H and O–H groups in total. The predicted octanol–water partition coefficient (Wildman–Crippen LogP) is 1.02. The molecule has 0 aromatic heterocycles. The maximum Gasteiger partial charge on any atom is 0.269 e. The molecule has 0 saturated carbocycles. The van der Waals surface area contributed by atoms with E-state index in [2.05, 4.69) is 10.5 Å². The average molecular weight is 234 g/mol. The average Bonchev–Trinajstić information content (AvgIpc) is 2.85. The molecule has 1 aromatic rings. The number of nitrogens with one attached hydrogen (secondary N) is 1. The quantitative estimate of drug-likeness (QED) is 0.606. The fourth-order valence-electron chi connectivity index (χ4n) is 1.59. The molecule has 0 radical (unpaired) electrons. The number of hydrazone groups is 1. The number of benzene rings is 1. The summed E-state index contributed by atoms with van der Waals surface area (Å²) in [5.74, 6) is -0.0110. The van der Waals surface area contributed by atoms with E-state index in [-0.39, 0.29) is 17.8 Å². The van der Waals surface area contributed by atoms with Gasteiger partial charge in [-0.3, -0.25) is 4.79 Å². The minimum atomic E-state index is -0.369. The summed E-state index contributed by atoms with van der Waals surface area (Å²) in [6.45, 7) is 0.639. The van der Waals surface area contributed by atoms with Crippen LogP contribution < -0.4 is 5.43 Å². The Bertz CT molecular complexity index is 408. The van der Waals surface area contributed by atoms with Crippen LogP contribution in [0.15, 0.2) is 29.4 Å². The fourth-order valence-corrected chi connectivity index (χ4v) is 1.59. The number of carbonyl (C=O) groups is 1. The van der Waals surface area contributed by atoms with Crippen molar-refractivity contribution in [2.75, 3.05) is 6.61 Å². The maximum atomic E-state index is 11.5. The Morgan fingerprint density at radius 3 is 2.88 bits per heavy atom. The standard InChI is InChI=1S/C12H14N2O3/c15-10-5-3-9(4-6-10)8-13-14-12(16)11-2-1-7-17-11/h3-6,8,11,15H,1-2,7H2,(H,14,16)/b13-8-/t11-/m0/s1. The summed E-state index contributed by atoms with van der Waals surface area (Å²) in [6.07, 6.45) is 2.82. The van der Waals surface area contributed by atoms with E-state index in [0.29, 0.717) is 6.61 Å². The van der Waals surface area contributed by atoms with E-state index in [0.717, 1.165) is 18.4 Å². The maximum absolute atomic E-state index is 11.5. The molecule has 1 aliphatic heterocycles. The lowest BCUT2D eigenvalue weighted by Crippen LogP contribution is -2.30. The van der Waals surface area contributed by atoms with Crippen molar-refractivity contribution in [1.82, 2.24) is 5.43 Å². The second kappa shape index (κ2) is 5.45. The van der Waals surface area contributed by atoms with Crippen molar-refractivity contribution in [3.8, 4) is 5.75 Å². The van der Waals surface area contributed by atoms with Gasteiger partial charge in [-0.15, -0.1) is 0 Å². The number of hydrogen-bond acceptors (Lipinski definition) is 4. The molecule has 1 heterocycles.